The molecule has 0 spiro atoms. The summed E-state index contributed by atoms with van der Waals surface area (Å²) in [6, 6.07) is 0. The molecule has 2 nitrogen and oxygen atoms in total. The van der Waals surface area contributed by atoms with Gasteiger partial charge in [0.25, 0.3) is 0 Å². The van der Waals surface area contributed by atoms with Crippen LogP contribution < -0.4 is 0 Å². The zero-order valence-corrected chi connectivity index (χ0v) is 8.69. The number of aliphatic hydroxyl groups excluding tert-OH is 1. The summed E-state index contributed by atoms with van der Waals surface area (Å²) in [4.78, 5) is 8.24. The van der Waals surface area contributed by atoms with Crippen LogP contribution in [0.1, 0.15) is 12.8 Å². The van der Waals surface area contributed by atoms with Gasteiger partial charge in [0, 0.05) is 0 Å². The molecule has 0 saturated carbocycles. The molecule has 0 fully saturated rings. The number of hydrogen-bond donors (Lipinski definition) is 1. The average Bonchev–Trinajstić information content (AvgIpc) is 2.85. The summed E-state index contributed by atoms with van der Waals surface area (Å²) < 4.78 is 0. The molecular formula is C11H11FeO2. The van der Waals surface area contributed by atoms with Crippen molar-refractivity contribution in [2.75, 3.05) is 0 Å². The first kappa shape index (κ1) is 15.4. The van der Waals surface area contributed by atoms with Crippen LogP contribution in [0, 0.1) is 12.2 Å². The van der Waals surface area contributed by atoms with E-state index in [9.17, 15) is 0 Å². The summed E-state index contributed by atoms with van der Waals surface area (Å²) >= 11 is 0. The van der Waals surface area contributed by atoms with E-state index in [1.165, 1.54) is 0 Å². The van der Waals surface area contributed by atoms with E-state index in [0.717, 1.165) is 12.8 Å². The normalized spacial score (nSPS) is 13.4. The van der Waals surface area contributed by atoms with Gasteiger partial charge in [-0.05, 0) is 0 Å². The Balaban J connectivity index is 0. The summed E-state index contributed by atoms with van der Waals surface area (Å²) in [6.45, 7) is 0.500. The van der Waals surface area contributed by atoms with Crippen molar-refractivity contribution in [3.05, 3.63) is 48.6 Å². The zero-order chi connectivity index (χ0) is 9.78. The van der Waals surface area contributed by atoms with Crippen LogP contribution in [0.2, 0.25) is 0 Å². The molecule has 0 aliphatic heterocycles. The molecule has 1 N–H and O–H groups in total. The molecule has 0 amide bonds. The van der Waals surface area contributed by atoms with Crippen LogP contribution in [0.4, 0.5) is 0 Å². The predicted octanol–water partition coefficient (Wildman–Crippen LogP) is 2.22. The van der Waals surface area contributed by atoms with Gasteiger partial charge in [0.2, 0.25) is 0 Å². The number of allylic oxidation sites excluding steroid dienone is 8. The number of rotatable bonds is 0. The first-order valence-corrected chi connectivity index (χ1v) is 3.86. The minimum absolute atomic E-state index is 0. The molecule has 0 saturated heterocycles. The Bertz CT molecular complexity index is 185. The van der Waals surface area contributed by atoms with Crippen LogP contribution in [-0.4, -0.2) is 11.6 Å². The second-order valence-electron chi connectivity index (χ2n) is 2.10. The first-order valence-electron chi connectivity index (χ1n) is 3.86. The van der Waals surface area contributed by atoms with Crippen LogP contribution >= 0.6 is 0 Å². The van der Waals surface area contributed by atoms with Gasteiger partial charge in [-0.3, -0.25) is 12.2 Å². The second kappa shape index (κ2) is 14.5. The van der Waals surface area contributed by atoms with E-state index in [0.29, 0.717) is 6.47 Å². The van der Waals surface area contributed by atoms with Gasteiger partial charge < -0.3 is 9.90 Å². The Labute approximate surface area is 95.2 Å². The predicted molar refractivity (Wildman–Crippen MR) is 51.5 cm³/mol. The summed E-state index contributed by atoms with van der Waals surface area (Å²) in [7, 11) is 0. The molecule has 0 aromatic heterocycles. The molecule has 0 unspecified atom stereocenters. The molecule has 0 heterocycles. The van der Waals surface area contributed by atoms with Crippen LogP contribution in [-0.2, 0) is 21.9 Å². The molecule has 2 aliphatic carbocycles. The second-order valence-corrected chi connectivity index (χ2v) is 2.10. The summed E-state index contributed by atoms with van der Waals surface area (Å²) in [5.41, 5.74) is 0. The van der Waals surface area contributed by atoms with Gasteiger partial charge in [-0.15, -0.1) is 12.8 Å². The smallest absolute Gasteiger partial charge is 0.665 e. The molecule has 3 heteroatoms. The summed E-state index contributed by atoms with van der Waals surface area (Å²) in [6.07, 6.45) is 20.0. The molecule has 0 bridgehead atoms. The standard InChI is InChI=1S/2C5H5.CHO2.Fe/c2*1-2-4-5-3-1;2-1-3;/h2*1-3H,4H2;(H,2,3);/q3*-1;+3. The van der Waals surface area contributed by atoms with Crippen LogP contribution in [0.3, 0.4) is 0 Å². The van der Waals surface area contributed by atoms with E-state index < -0.39 is 0 Å². The quantitative estimate of drug-likeness (QED) is 0.512. The molecular weight excluding hydrogens is 220 g/mol. The number of hydrogen-bond acceptors (Lipinski definition) is 1. The first-order chi connectivity index (χ1) is 6.41. The SMILES string of the molecule is O=[C-]O.[C-]1=CC=CC1.[C-]1=CC=CC1.[Fe+3]. The van der Waals surface area contributed by atoms with Gasteiger partial charge in [-0.25, -0.2) is 24.3 Å². The van der Waals surface area contributed by atoms with E-state index in [1.807, 2.05) is 24.3 Å². The van der Waals surface area contributed by atoms with E-state index in [-0.39, 0.29) is 17.1 Å². The molecule has 0 atom stereocenters. The van der Waals surface area contributed by atoms with E-state index in [1.54, 1.807) is 0 Å². The van der Waals surface area contributed by atoms with E-state index in [2.05, 4.69) is 24.3 Å². The zero-order valence-electron chi connectivity index (χ0n) is 7.59. The molecule has 2 aliphatic rings. The Morgan fingerprint density at radius 3 is 1.50 bits per heavy atom. The van der Waals surface area contributed by atoms with Crippen molar-refractivity contribution < 1.29 is 27.0 Å². The van der Waals surface area contributed by atoms with Gasteiger partial charge in [0.05, 0.1) is 0 Å². The molecule has 75 valence electrons. The Kier molecular flexibility index (Phi) is 15.9. The minimum atomic E-state index is 0. The van der Waals surface area contributed by atoms with Crippen molar-refractivity contribution in [3.63, 3.8) is 0 Å². The molecule has 2 rings (SSSR count). The summed E-state index contributed by atoms with van der Waals surface area (Å²) in [5, 5.41) is 6.76. The fourth-order valence-electron chi connectivity index (χ4n) is 0.680. The fraction of sp³-hybridized carbons (Fsp3) is 0.182. The van der Waals surface area contributed by atoms with Gasteiger partial charge in [-0.1, -0.05) is 6.47 Å². The maximum Gasteiger partial charge on any atom is 3.00 e. The Morgan fingerprint density at radius 1 is 1.07 bits per heavy atom. The molecule has 1 radical (unpaired) electrons. The monoisotopic (exact) mass is 231 g/mol. The van der Waals surface area contributed by atoms with Crippen molar-refractivity contribution in [1.82, 2.24) is 0 Å². The third-order valence-electron chi connectivity index (χ3n) is 1.17. The molecule has 0 aromatic rings. The van der Waals surface area contributed by atoms with Crippen molar-refractivity contribution >= 4 is 6.47 Å². The van der Waals surface area contributed by atoms with Gasteiger partial charge in [0.15, 0.2) is 0 Å². The van der Waals surface area contributed by atoms with E-state index in [4.69, 9.17) is 9.90 Å². The molecule has 0 aromatic carbocycles. The van der Waals surface area contributed by atoms with Crippen molar-refractivity contribution in [3.8, 4) is 0 Å². The maximum atomic E-state index is 8.24. The van der Waals surface area contributed by atoms with Crippen LogP contribution in [0.15, 0.2) is 36.5 Å². The Morgan fingerprint density at radius 2 is 1.43 bits per heavy atom. The van der Waals surface area contributed by atoms with Crippen molar-refractivity contribution in [2.45, 2.75) is 12.8 Å². The van der Waals surface area contributed by atoms with Crippen molar-refractivity contribution in [2.24, 2.45) is 0 Å². The third-order valence-corrected chi connectivity index (χ3v) is 1.17. The fourth-order valence-corrected chi connectivity index (χ4v) is 0.680. The van der Waals surface area contributed by atoms with Crippen LogP contribution in [0.25, 0.3) is 0 Å². The van der Waals surface area contributed by atoms with Crippen LogP contribution in [0.5, 0.6) is 0 Å². The molecule has 14 heavy (non-hydrogen) atoms. The van der Waals surface area contributed by atoms with Gasteiger partial charge in [-0.2, -0.15) is 12.2 Å². The maximum absolute atomic E-state index is 8.24. The van der Waals surface area contributed by atoms with Crippen molar-refractivity contribution in [1.29, 1.82) is 0 Å². The summed E-state index contributed by atoms with van der Waals surface area (Å²) in [5.74, 6) is 0. The van der Waals surface area contributed by atoms with Gasteiger partial charge in [0.1, 0.15) is 0 Å². The Hall–Kier alpha value is -1.05. The minimum Gasteiger partial charge on any atom is -0.665 e. The average molecular weight is 231 g/mol. The third kappa shape index (κ3) is 13.5. The van der Waals surface area contributed by atoms with E-state index >= 15 is 0 Å². The van der Waals surface area contributed by atoms with Gasteiger partial charge >= 0.3 is 17.1 Å². The largest absolute Gasteiger partial charge is 3.00 e. The topological polar surface area (TPSA) is 37.3 Å².